The molecule has 0 saturated carbocycles. The van der Waals surface area contributed by atoms with Crippen molar-refractivity contribution >= 4 is 8.32 Å². The topological polar surface area (TPSA) is 129 Å². The van der Waals surface area contributed by atoms with Crippen molar-refractivity contribution in [1.29, 1.82) is 0 Å². The van der Waals surface area contributed by atoms with Gasteiger partial charge in [0.2, 0.25) is 6.29 Å². The standard InChI is InChI=1S/C47H66O14Si/c1-45(2,3)62(10,11)54-29-37-40(60-47(6,7)58-37)39-36(57-46(4,5)59-39)28-53-61-44-42(51-26-31-19-23-34(49-9)24-20-31)41(50-25-30-17-21-33(48-8)22-18-30)38-35(55-44)27-52-43(56-38)32-15-13-12-14-16-32/h12-24,35-44H,25-29H2,1-11H3/t35-,36-,37-,38-,39-,40-,41+,42+,43?,44+/m1/s1. The van der Waals surface area contributed by atoms with E-state index in [1.807, 2.05) is 107 Å². The normalized spacial score (nSPS) is 30.8. The number of rotatable bonds is 17. The molecule has 62 heavy (non-hydrogen) atoms. The van der Waals surface area contributed by atoms with Gasteiger partial charge in [0, 0.05) is 5.56 Å². The summed E-state index contributed by atoms with van der Waals surface area (Å²) in [4.78, 5) is 12.3. The molecule has 4 aliphatic heterocycles. The van der Waals surface area contributed by atoms with Gasteiger partial charge in [-0.15, -0.1) is 0 Å². The van der Waals surface area contributed by atoms with Crippen LogP contribution < -0.4 is 9.47 Å². The highest BCUT2D eigenvalue weighted by Gasteiger charge is 2.56. The van der Waals surface area contributed by atoms with Crippen LogP contribution in [0.4, 0.5) is 0 Å². The first-order valence-electron chi connectivity index (χ1n) is 21.5. The first kappa shape index (κ1) is 47.0. The zero-order chi connectivity index (χ0) is 44.3. The van der Waals surface area contributed by atoms with Crippen molar-refractivity contribution in [3.63, 3.8) is 0 Å². The molecule has 4 fully saturated rings. The van der Waals surface area contributed by atoms with Crippen LogP contribution in [0, 0.1) is 0 Å². The summed E-state index contributed by atoms with van der Waals surface area (Å²) < 4.78 is 76.4. The van der Waals surface area contributed by atoms with Crippen LogP contribution in [-0.2, 0) is 70.0 Å². The summed E-state index contributed by atoms with van der Waals surface area (Å²) in [5.74, 6) is -0.319. The molecule has 14 nitrogen and oxygen atoms in total. The monoisotopic (exact) mass is 882 g/mol. The SMILES string of the molecule is COc1ccc(CO[C@@H]2[C@H](OCc3ccc(OC)cc3)[C@H](OOC[C@H]3OC(C)(C)O[C@H]3[C@@H]3OC(C)(C)O[C@@H]3CO[Si](C)(C)C(C)(C)C)O[C@@H]3COC(c4ccccc4)O[C@@H]23)cc1. The summed E-state index contributed by atoms with van der Waals surface area (Å²) in [5, 5.41) is 0.0246. The minimum absolute atomic E-state index is 0.0240. The van der Waals surface area contributed by atoms with E-state index in [0.717, 1.165) is 28.2 Å². The van der Waals surface area contributed by atoms with Crippen molar-refractivity contribution in [2.24, 2.45) is 0 Å². The second-order valence-electron chi connectivity index (χ2n) is 18.7. The van der Waals surface area contributed by atoms with Crippen molar-refractivity contribution in [1.82, 2.24) is 0 Å². The lowest BCUT2D eigenvalue weighted by molar-refractivity contribution is -0.450. The maximum Gasteiger partial charge on any atom is 0.220 e. The molecule has 4 heterocycles. The smallest absolute Gasteiger partial charge is 0.220 e. The minimum atomic E-state index is -2.10. The molecule has 10 atom stereocenters. The van der Waals surface area contributed by atoms with Crippen molar-refractivity contribution < 1.29 is 66.3 Å². The maximum absolute atomic E-state index is 6.79. The van der Waals surface area contributed by atoms with E-state index in [0.29, 0.717) is 6.61 Å². The number of methoxy groups -OCH3 is 2. The molecular weight excluding hydrogens is 817 g/mol. The quantitative estimate of drug-likeness (QED) is 0.0737. The lowest BCUT2D eigenvalue weighted by Gasteiger charge is -2.48. The highest BCUT2D eigenvalue weighted by molar-refractivity contribution is 6.74. The molecule has 15 heteroatoms. The van der Waals surface area contributed by atoms with Crippen LogP contribution in [0.5, 0.6) is 11.5 Å². The molecule has 0 aliphatic carbocycles. The second-order valence-corrected chi connectivity index (χ2v) is 23.5. The fourth-order valence-electron chi connectivity index (χ4n) is 7.82. The van der Waals surface area contributed by atoms with Crippen LogP contribution >= 0.6 is 0 Å². The minimum Gasteiger partial charge on any atom is -0.497 e. The van der Waals surface area contributed by atoms with Gasteiger partial charge in [0.25, 0.3) is 0 Å². The summed E-state index contributed by atoms with van der Waals surface area (Å²) in [5.41, 5.74) is 2.72. The molecule has 0 amide bonds. The van der Waals surface area contributed by atoms with Crippen LogP contribution in [0.1, 0.15) is 71.4 Å². The van der Waals surface area contributed by atoms with Crippen molar-refractivity contribution in [3.8, 4) is 11.5 Å². The molecule has 342 valence electrons. The molecule has 4 aliphatic rings. The number of fused-ring (bicyclic) bond motifs is 1. The van der Waals surface area contributed by atoms with E-state index in [1.165, 1.54) is 0 Å². The Morgan fingerprint density at radius 3 is 1.71 bits per heavy atom. The molecule has 0 N–H and O–H groups in total. The van der Waals surface area contributed by atoms with Gasteiger partial charge in [-0.1, -0.05) is 75.4 Å². The average Bonchev–Trinajstić information content (AvgIpc) is 3.74. The Bertz CT molecular complexity index is 1850. The van der Waals surface area contributed by atoms with Gasteiger partial charge in [-0.05, 0) is 81.2 Å². The Balaban J connectivity index is 1.11. The molecular formula is C47H66O14Si. The summed E-state index contributed by atoms with van der Waals surface area (Å²) >= 11 is 0. The fraction of sp³-hybridized carbons (Fsp3) is 0.617. The third-order valence-electron chi connectivity index (χ3n) is 12.1. The fourth-order valence-corrected chi connectivity index (χ4v) is 8.83. The number of hydrogen-bond acceptors (Lipinski definition) is 14. The Morgan fingerprint density at radius 1 is 0.645 bits per heavy atom. The zero-order valence-electron chi connectivity index (χ0n) is 38.0. The molecule has 0 radical (unpaired) electrons. The van der Waals surface area contributed by atoms with Gasteiger partial charge in [0.15, 0.2) is 26.2 Å². The van der Waals surface area contributed by atoms with Gasteiger partial charge in [0.1, 0.15) is 66.9 Å². The third-order valence-corrected chi connectivity index (χ3v) is 16.6. The Kier molecular flexibility index (Phi) is 14.9. The molecule has 3 aromatic carbocycles. The van der Waals surface area contributed by atoms with E-state index in [9.17, 15) is 0 Å². The van der Waals surface area contributed by atoms with E-state index in [2.05, 4.69) is 33.9 Å². The maximum atomic E-state index is 6.79. The van der Waals surface area contributed by atoms with Gasteiger partial charge in [-0.2, -0.15) is 0 Å². The first-order chi connectivity index (χ1) is 29.4. The van der Waals surface area contributed by atoms with E-state index in [1.54, 1.807) is 14.2 Å². The molecule has 3 aromatic rings. The molecule has 1 unspecified atom stereocenters. The van der Waals surface area contributed by atoms with Crippen LogP contribution in [0.3, 0.4) is 0 Å². The van der Waals surface area contributed by atoms with Gasteiger partial charge >= 0.3 is 0 Å². The van der Waals surface area contributed by atoms with Crippen LogP contribution in [0.2, 0.25) is 18.1 Å². The highest BCUT2D eigenvalue weighted by Crippen LogP contribution is 2.42. The number of hydrogen-bond donors (Lipinski definition) is 0. The van der Waals surface area contributed by atoms with Crippen LogP contribution in [0.25, 0.3) is 0 Å². The lowest BCUT2D eigenvalue weighted by Crippen LogP contribution is -2.63. The predicted molar refractivity (Wildman–Crippen MR) is 230 cm³/mol. The predicted octanol–water partition coefficient (Wildman–Crippen LogP) is 8.02. The first-order valence-corrected chi connectivity index (χ1v) is 24.4. The Labute approximate surface area is 367 Å². The van der Waals surface area contributed by atoms with E-state index in [4.69, 9.17) is 66.3 Å². The van der Waals surface area contributed by atoms with Gasteiger partial charge < -0.3 is 56.5 Å². The highest BCUT2D eigenvalue weighted by atomic mass is 28.4. The largest absolute Gasteiger partial charge is 0.497 e. The molecule has 0 bridgehead atoms. The second kappa shape index (κ2) is 19.6. The van der Waals surface area contributed by atoms with E-state index >= 15 is 0 Å². The van der Waals surface area contributed by atoms with Crippen molar-refractivity contribution in [3.05, 3.63) is 95.6 Å². The summed E-state index contributed by atoms with van der Waals surface area (Å²) in [6.07, 6.45) is -6.52. The van der Waals surface area contributed by atoms with E-state index in [-0.39, 0.29) is 31.5 Å². The molecule has 7 rings (SSSR count). The van der Waals surface area contributed by atoms with E-state index < -0.39 is 81.3 Å². The summed E-state index contributed by atoms with van der Waals surface area (Å²) in [6, 6.07) is 25.2. The van der Waals surface area contributed by atoms with Gasteiger partial charge in [0.05, 0.1) is 40.6 Å². The third kappa shape index (κ3) is 11.4. The molecule has 4 saturated heterocycles. The lowest BCUT2D eigenvalue weighted by atomic mass is 9.97. The van der Waals surface area contributed by atoms with Crippen molar-refractivity contribution in [2.75, 3.05) is 34.0 Å². The Hall–Kier alpha value is -3.00. The molecule has 0 spiro atoms. The van der Waals surface area contributed by atoms with Gasteiger partial charge in [-0.25, -0.2) is 9.78 Å². The molecule has 0 aromatic heterocycles. The zero-order valence-corrected chi connectivity index (χ0v) is 39.0. The summed E-state index contributed by atoms with van der Waals surface area (Å²) in [7, 11) is 1.17. The average molecular weight is 883 g/mol. The van der Waals surface area contributed by atoms with Crippen LogP contribution in [0.15, 0.2) is 78.9 Å². The Morgan fingerprint density at radius 2 is 1.18 bits per heavy atom. The number of ether oxygens (including phenoxy) is 11. The van der Waals surface area contributed by atoms with Crippen LogP contribution in [-0.4, -0.2) is 109 Å². The van der Waals surface area contributed by atoms with Gasteiger partial charge in [-0.3, -0.25) is 0 Å². The number of benzene rings is 3. The van der Waals surface area contributed by atoms with Crippen molar-refractivity contribution in [2.45, 2.75) is 153 Å². The summed E-state index contributed by atoms with van der Waals surface area (Å²) in [6.45, 7) is 19.6.